The highest BCUT2D eigenvalue weighted by Crippen LogP contribution is 2.48. The molecule has 0 aromatic heterocycles. The average molecular weight is 411 g/mol. The Hall–Kier alpha value is -1.85. The van der Waals surface area contributed by atoms with Crippen LogP contribution in [0.3, 0.4) is 0 Å². The molecule has 0 N–H and O–H groups in total. The predicted octanol–water partition coefficient (Wildman–Crippen LogP) is 3.76. The summed E-state index contributed by atoms with van der Waals surface area (Å²) >= 11 is 13.2. The maximum atomic E-state index is 12.4. The number of hydrogen-bond donors (Lipinski definition) is 0. The van der Waals surface area contributed by atoms with E-state index in [0.717, 1.165) is 17.5 Å². The molecule has 2 bridgehead atoms. The van der Waals surface area contributed by atoms with Crippen molar-refractivity contribution in [3.63, 3.8) is 0 Å². The normalized spacial score (nSPS) is 23.6. The topological polar surface area (TPSA) is 69.7 Å². The zero-order chi connectivity index (χ0) is 19.7. The summed E-state index contributed by atoms with van der Waals surface area (Å²) in [5.74, 6) is -2.88. The molecule has 3 atom stereocenters. The Labute approximate surface area is 167 Å². The monoisotopic (exact) mass is 410 g/mol. The van der Waals surface area contributed by atoms with Gasteiger partial charge in [0, 0.05) is 16.9 Å². The van der Waals surface area contributed by atoms with Crippen molar-refractivity contribution in [3.8, 4) is 0 Å². The van der Waals surface area contributed by atoms with Gasteiger partial charge in [0.2, 0.25) is 0 Å². The summed E-state index contributed by atoms with van der Waals surface area (Å²) in [7, 11) is 2.42. The van der Waals surface area contributed by atoms with E-state index in [-0.39, 0.29) is 24.0 Å². The fourth-order valence-corrected chi connectivity index (χ4v) is 4.70. The van der Waals surface area contributed by atoms with Gasteiger partial charge in [-0.05, 0) is 48.1 Å². The number of rotatable bonds is 4. The third-order valence-corrected chi connectivity index (χ3v) is 6.27. The molecule has 144 valence electrons. The summed E-state index contributed by atoms with van der Waals surface area (Å²) in [4.78, 5) is 36.7. The van der Waals surface area contributed by atoms with E-state index in [1.807, 2.05) is 12.1 Å². The van der Waals surface area contributed by atoms with Crippen LogP contribution in [0.4, 0.5) is 0 Å². The summed E-state index contributed by atoms with van der Waals surface area (Å²) in [5, 5.41) is -0.180. The standard InChI is InChI=1S/C20H20Cl2O5/c1-26-19(24)14(20(25)27-2)9-13-15(21)7-6-11-10-3-5-12(16(23)8-4-10)18(22)17(11)13/h4,6-8,10,12,14,18H,3,5,9H2,1-2H3. The first-order valence-electron chi connectivity index (χ1n) is 8.72. The molecule has 3 unspecified atom stereocenters. The van der Waals surface area contributed by atoms with Crippen LogP contribution in [-0.2, 0) is 30.3 Å². The SMILES string of the molecule is COC(=O)C(Cc1c(Cl)ccc2c1C(Cl)C1CCC2C=CC1=O)C(=O)OC. The van der Waals surface area contributed by atoms with Crippen LogP contribution >= 0.6 is 23.2 Å². The molecule has 0 fully saturated rings. The van der Waals surface area contributed by atoms with Gasteiger partial charge in [-0.3, -0.25) is 14.4 Å². The molecule has 1 aromatic rings. The molecule has 0 saturated heterocycles. The zero-order valence-electron chi connectivity index (χ0n) is 15.0. The first kappa shape index (κ1) is 19.9. The van der Waals surface area contributed by atoms with Crippen LogP contribution in [-0.4, -0.2) is 31.9 Å². The third-order valence-electron chi connectivity index (χ3n) is 5.39. The number of allylic oxidation sites excluding steroid dienone is 2. The van der Waals surface area contributed by atoms with Gasteiger partial charge in [-0.25, -0.2) is 0 Å². The van der Waals surface area contributed by atoms with Crippen LogP contribution < -0.4 is 0 Å². The maximum absolute atomic E-state index is 12.4. The molecule has 2 aliphatic carbocycles. The smallest absolute Gasteiger partial charge is 0.320 e. The largest absolute Gasteiger partial charge is 0.468 e. The van der Waals surface area contributed by atoms with Crippen molar-refractivity contribution in [2.75, 3.05) is 14.2 Å². The highest BCUT2D eigenvalue weighted by Gasteiger charge is 2.39. The second kappa shape index (κ2) is 8.03. The molecule has 27 heavy (non-hydrogen) atoms. The minimum absolute atomic E-state index is 0.00190. The van der Waals surface area contributed by atoms with Crippen molar-refractivity contribution in [1.29, 1.82) is 0 Å². The van der Waals surface area contributed by atoms with Crippen LogP contribution in [0.5, 0.6) is 0 Å². The number of carbonyl (C=O) groups is 3. The van der Waals surface area contributed by atoms with E-state index in [0.29, 0.717) is 17.0 Å². The van der Waals surface area contributed by atoms with Gasteiger partial charge in [0.25, 0.3) is 0 Å². The maximum Gasteiger partial charge on any atom is 0.320 e. The Kier molecular flexibility index (Phi) is 5.92. The van der Waals surface area contributed by atoms with Gasteiger partial charge in [0.05, 0.1) is 19.6 Å². The van der Waals surface area contributed by atoms with Crippen LogP contribution in [0.15, 0.2) is 24.3 Å². The molecular weight excluding hydrogens is 391 g/mol. The van der Waals surface area contributed by atoms with Crippen LogP contribution in [0.1, 0.15) is 40.8 Å². The number of benzene rings is 1. The van der Waals surface area contributed by atoms with E-state index in [2.05, 4.69) is 0 Å². The minimum atomic E-state index is -1.15. The molecular formula is C20H20Cl2O5. The fraction of sp³-hybridized carbons (Fsp3) is 0.450. The Balaban J connectivity index is 2.13. The summed E-state index contributed by atoms with van der Waals surface area (Å²) < 4.78 is 9.51. The third kappa shape index (κ3) is 3.63. The summed E-state index contributed by atoms with van der Waals surface area (Å²) in [6.07, 6.45) is 5.00. The van der Waals surface area contributed by atoms with E-state index in [4.69, 9.17) is 32.7 Å². The van der Waals surface area contributed by atoms with Crippen LogP contribution in [0, 0.1) is 11.8 Å². The molecule has 0 saturated carbocycles. The van der Waals surface area contributed by atoms with Crippen molar-refractivity contribution in [2.45, 2.75) is 30.6 Å². The van der Waals surface area contributed by atoms with Crippen LogP contribution in [0.25, 0.3) is 0 Å². The lowest BCUT2D eigenvalue weighted by atomic mass is 9.83. The lowest BCUT2D eigenvalue weighted by molar-refractivity contribution is -0.158. The van der Waals surface area contributed by atoms with E-state index in [9.17, 15) is 14.4 Å². The number of halogens is 2. The van der Waals surface area contributed by atoms with Gasteiger partial charge in [-0.1, -0.05) is 23.7 Å². The molecule has 0 amide bonds. The molecule has 0 radical (unpaired) electrons. The quantitative estimate of drug-likeness (QED) is 0.429. The Morgan fingerprint density at radius 1 is 1.19 bits per heavy atom. The minimum Gasteiger partial charge on any atom is -0.468 e. The Morgan fingerprint density at radius 3 is 2.48 bits per heavy atom. The molecule has 5 nitrogen and oxygen atoms in total. The Bertz CT molecular complexity index is 801. The van der Waals surface area contributed by atoms with Crippen molar-refractivity contribution >= 4 is 40.9 Å². The van der Waals surface area contributed by atoms with Crippen molar-refractivity contribution < 1.29 is 23.9 Å². The number of esters is 2. The van der Waals surface area contributed by atoms with Crippen LogP contribution in [0.2, 0.25) is 5.02 Å². The van der Waals surface area contributed by atoms with Gasteiger partial charge >= 0.3 is 11.9 Å². The molecule has 0 aliphatic heterocycles. The van der Waals surface area contributed by atoms with Gasteiger partial charge in [-0.2, -0.15) is 0 Å². The molecule has 1 aromatic carbocycles. The van der Waals surface area contributed by atoms with Crippen molar-refractivity contribution in [1.82, 2.24) is 0 Å². The van der Waals surface area contributed by atoms with Gasteiger partial charge < -0.3 is 9.47 Å². The second-order valence-corrected chi connectivity index (χ2v) is 7.66. The fourth-order valence-electron chi connectivity index (χ4n) is 3.95. The molecule has 0 spiro atoms. The van der Waals surface area contributed by atoms with Crippen molar-refractivity contribution in [2.24, 2.45) is 11.8 Å². The number of fused-ring (bicyclic) bond motifs is 5. The van der Waals surface area contributed by atoms with Gasteiger partial charge in [0.15, 0.2) is 11.7 Å². The van der Waals surface area contributed by atoms with E-state index in [1.54, 1.807) is 12.1 Å². The highest BCUT2D eigenvalue weighted by atomic mass is 35.5. The van der Waals surface area contributed by atoms with E-state index in [1.165, 1.54) is 14.2 Å². The zero-order valence-corrected chi connectivity index (χ0v) is 16.5. The summed E-state index contributed by atoms with van der Waals surface area (Å²) in [6.45, 7) is 0. The first-order valence-corrected chi connectivity index (χ1v) is 9.53. The summed E-state index contributed by atoms with van der Waals surface area (Å²) in [6, 6.07) is 3.66. The first-order chi connectivity index (χ1) is 12.9. The second-order valence-electron chi connectivity index (χ2n) is 6.79. The average Bonchev–Trinajstić information content (AvgIpc) is 2.94. The molecule has 2 aliphatic rings. The lowest BCUT2D eigenvalue weighted by Crippen LogP contribution is -2.29. The van der Waals surface area contributed by atoms with Gasteiger partial charge in [0.1, 0.15) is 0 Å². The number of alkyl halides is 1. The van der Waals surface area contributed by atoms with Crippen molar-refractivity contribution in [3.05, 3.63) is 46.0 Å². The number of ketones is 1. The molecule has 0 heterocycles. The Morgan fingerprint density at radius 2 is 1.85 bits per heavy atom. The summed E-state index contributed by atoms with van der Waals surface area (Å²) in [5.41, 5.74) is 2.32. The van der Waals surface area contributed by atoms with E-state index < -0.39 is 23.2 Å². The number of hydrogen-bond acceptors (Lipinski definition) is 5. The van der Waals surface area contributed by atoms with E-state index >= 15 is 0 Å². The number of ether oxygens (including phenoxy) is 2. The molecule has 7 heteroatoms. The lowest BCUT2D eigenvalue weighted by Gasteiger charge is -2.26. The molecule has 3 rings (SSSR count). The van der Waals surface area contributed by atoms with Gasteiger partial charge in [-0.15, -0.1) is 11.6 Å². The number of carbonyl (C=O) groups excluding carboxylic acids is 3. The number of methoxy groups -OCH3 is 2. The predicted molar refractivity (Wildman–Crippen MR) is 101 cm³/mol. The highest BCUT2D eigenvalue weighted by molar-refractivity contribution is 6.32.